The summed E-state index contributed by atoms with van der Waals surface area (Å²) in [6, 6.07) is 4.59. The first kappa shape index (κ1) is 20.0. The summed E-state index contributed by atoms with van der Waals surface area (Å²) in [5.41, 5.74) is 1.45. The molecule has 1 aromatic rings. The molecule has 0 aliphatic carbocycles. The third-order valence-corrected chi connectivity index (χ3v) is 3.65. The highest BCUT2D eigenvalue weighted by atomic mass is 16.5. The van der Waals surface area contributed by atoms with E-state index < -0.39 is 5.91 Å². The molecule has 0 spiro atoms. The zero-order valence-electron chi connectivity index (χ0n) is 14.8. The number of allylic oxidation sites excluding steroid dienone is 1. The molecule has 0 atom stereocenters. The van der Waals surface area contributed by atoms with Crippen LogP contribution < -0.4 is 10.1 Å². The van der Waals surface area contributed by atoms with Crippen molar-refractivity contribution in [2.45, 2.75) is 40.0 Å². The number of nitrogens with one attached hydrogen (secondary N) is 1. The zero-order valence-corrected chi connectivity index (χ0v) is 14.8. The second-order valence-corrected chi connectivity index (χ2v) is 6.31. The molecule has 0 saturated carbocycles. The number of amides is 1. The fourth-order valence-electron chi connectivity index (χ4n) is 2.23. The molecule has 0 aromatic heterocycles. The third-order valence-electron chi connectivity index (χ3n) is 3.65. The minimum Gasteiger partial charge on any atom is -0.507 e. The second-order valence-electron chi connectivity index (χ2n) is 6.31. The molecule has 0 heterocycles. The molecule has 1 aromatic carbocycles. The second kappa shape index (κ2) is 10.7. The van der Waals surface area contributed by atoms with Gasteiger partial charge in [-0.05, 0) is 43.9 Å². The Balaban J connectivity index is 2.49. The van der Waals surface area contributed by atoms with Crippen LogP contribution >= 0.6 is 0 Å². The van der Waals surface area contributed by atoms with Gasteiger partial charge in [-0.1, -0.05) is 25.8 Å². The smallest absolute Gasteiger partial charge is 0.255 e. The highest BCUT2D eigenvalue weighted by molar-refractivity contribution is 5.96. The molecule has 0 bridgehead atoms. The van der Waals surface area contributed by atoms with E-state index in [-0.39, 0.29) is 24.5 Å². The number of carbonyl (C=O) groups excluding carboxylic acids is 1. The van der Waals surface area contributed by atoms with Gasteiger partial charge in [0.1, 0.15) is 18.1 Å². The molecule has 0 unspecified atom stereocenters. The summed E-state index contributed by atoms with van der Waals surface area (Å²) in [6.45, 7) is 6.98. The van der Waals surface area contributed by atoms with Crippen LogP contribution in [0.25, 0.3) is 0 Å². The Morgan fingerprint density at radius 2 is 2.12 bits per heavy atom. The molecule has 1 amide bonds. The van der Waals surface area contributed by atoms with Crippen LogP contribution in [0.15, 0.2) is 29.8 Å². The highest BCUT2D eigenvalue weighted by Crippen LogP contribution is 2.23. The van der Waals surface area contributed by atoms with Crippen molar-refractivity contribution < 1.29 is 19.7 Å². The van der Waals surface area contributed by atoms with E-state index in [1.165, 1.54) is 30.5 Å². The maximum absolute atomic E-state index is 11.8. The fourth-order valence-corrected chi connectivity index (χ4v) is 2.23. The largest absolute Gasteiger partial charge is 0.507 e. The minimum atomic E-state index is -0.422. The van der Waals surface area contributed by atoms with E-state index in [9.17, 15) is 9.90 Å². The Hall–Kier alpha value is -2.01. The van der Waals surface area contributed by atoms with E-state index in [2.05, 4.69) is 26.1 Å². The predicted octanol–water partition coefficient (Wildman–Crippen LogP) is 3.27. The Labute approximate surface area is 144 Å². The summed E-state index contributed by atoms with van der Waals surface area (Å²) in [5, 5.41) is 21.1. The molecule has 0 saturated heterocycles. The van der Waals surface area contributed by atoms with Crippen molar-refractivity contribution in [3.63, 3.8) is 0 Å². The molecule has 5 nitrogen and oxygen atoms in total. The zero-order chi connectivity index (χ0) is 17.9. The molecule has 3 N–H and O–H groups in total. The summed E-state index contributed by atoms with van der Waals surface area (Å²) in [4.78, 5) is 11.8. The van der Waals surface area contributed by atoms with Crippen LogP contribution in [0.5, 0.6) is 11.5 Å². The van der Waals surface area contributed by atoms with Crippen LogP contribution in [-0.4, -0.2) is 35.9 Å². The van der Waals surface area contributed by atoms with Gasteiger partial charge in [0.25, 0.3) is 5.91 Å². The molecular formula is C19H29NO4. The number of benzene rings is 1. The summed E-state index contributed by atoms with van der Waals surface area (Å²) >= 11 is 0. The number of aromatic hydroxyl groups is 1. The van der Waals surface area contributed by atoms with Gasteiger partial charge in [-0.2, -0.15) is 0 Å². The first-order valence-corrected chi connectivity index (χ1v) is 8.44. The van der Waals surface area contributed by atoms with Gasteiger partial charge in [-0.25, -0.2) is 0 Å². The lowest BCUT2D eigenvalue weighted by atomic mass is 10.0. The molecule has 134 valence electrons. The number of ether oxygens (including phenoxy) is 1. The van der Waals surface area contributed by atoms with E-state index in [4.69, 9.17) is 9.84 Å². The summed E-state index contributed by atoms with van der Waals surface area (Å²) in [5.74, 6) is 0.678. The Bertz CT molecular complexity index is 552. The third kappa shape index (κ3) is 7.51. The van der Waals surface area contributed by atoms with Crippen LogP contribution in [0.4, 0.5) is 0 Å². The van der Waals surface area contributed by atoms with Crippen LogP contribution in [0, 0.1) is 5.92 Å². The molecular weight excluding hydrogens is 306 g/mol. The topological polar surface area (TPSA) is 78.8 Å². The molecule has 0 aliphatic rings. The molecule has 0 fully saturated rings. The number of phenols is 1. The molecule has 1 rings (SSSR count). The highest BCUT2D eigenvalue weighted by Gasteiger charge is 2.11. The summed E-state index contributed by atoms with van der Waals surface area (Å²) in [7, 11) is 0. The summed E-state index contributed by atoms with van der Waals surface area (Å²) < 4.78 is 5.59. The quantitative estimate of drug-likeness (QED) is 0.573. The van der Waals surface area contributed by atoms with E-state index in [0.29, 0.717) is 12.4 Å². The van der Waals surface area contributed by atoms with E-state index in [1.54, 1.807) is 6.07 Å². The van der Waals surface area contributed by atoms with Gasteiger partial charge in [-0.3, -0.25) is 4.79 Å². The van der Waals surface area contributed by atoms with Crippen molar-refractivity contribution in [2.75, 3.05) is 19.8 Å². The Kier molecular flexibility index (Phi) is 8.94. The van der Waals surface area contributed by atoms with E-state index in [0.717, 1.165) is 12.3 Å². The maximum atomic E-state index is 11.8. The monoisotopic (exact) mass is 335 g/mol. The first-order chi connectivity index (χ1) is 11.4. The van der Waals surface area contributed by atoms with Crippen molar-refractivity contribution in [3.05, 3.63) is 35.4 Å². The van der Waals surface area contributed by atoms with Crippen molar-refractivity contribution in [3.8, 4) is 11.5 Å². The average Bonchev–Trinajstić information content (AvgIpc) is 2.52. The van der Waals surface area contributed by atoms with Gasteiger partial charge in [0, 0.05) is 12.6 Å². The van der Waals surface area contributed by atoms with Gasteiger partial charge in [0.05, 0.1) is 12.2 Å². The summed E-state index contributed by atoms with van der Waals surface area (Å²) in [6.07, 6.45) is 5.51. The van der Waals surface area contributed by atoms with Crippen molar-refractivity contribution in [1.29, 1.82) is 0 Å². The molecule has 0 radical (unpaired) electrons. The molecule has 0 aliphatic heterocycles. The SMILES string of the molecule is C/C(=C\COc1ccc(C(=O)NCCO)c(O)c1)CCCC(C)C. The van der Waals surface area contributed by atoms with Crippen molar-refractivity contribution >= 4 is 5.91 Å². The predicted molar refractivity (Wildman–Crippen MR) is 95.5 cm³/mol. The van der Waals surface area contributed by atoms with Crippen LogP contribution in [0.3, 0.4) is 0 Å². The van der Waals surface area contributed by atoms with Crippen LogP contribution in [0.2, 0.25) is 0 Å². The number of hydrogen-bond donors (Lipinski definition) is 3. The van der Waals surface area contributed by atoms with Crippen LogP contribution in [-0.2, 0) is 0 Å². The van der Waals surface area contributed by atoms with Crippen LogP contribution in [0.1, 0.15) is 50.4 Å². The lowest BCUT2D eigenvalue weighted by molar-refractivity contribution is 0.0942. The van der Waals surface area contributed by atoms with Gasteiger partial charge in [-0.15, -0.1) is 0 Å². The number of carbonyl (C=O) groups is 1. The first-order valence-electron chi connectivity index (χ1n) is 8.44. The molecule has 24 heavy (non-hydrogen) atoms. The number of aliphatic hydroxyl groups excluding tert-OH is 1. The van der Waals surface area contributed by atoms with E-state index in [1.807, 2.05) is 6.08 Å². The number of hydrogen-bond acceptors (Lipinski definition) is 4. The van der Waals surface area contributed by atoms with Gasteiger partial charge >= 0.3 is 0 Å². The Morgan fingerprint density at radius 3 is 2.75 bits per heavy atom. The maximum Gasteiger partial charge on any atom is 0.255 e. The van der Waals surface area contributed by atoms with E-state index >= 15 is 0 Å². The fraction of sp³-hybridized carbons (Fsp3) is 0.526. The number of rotatable bonds is 10. The van der Waals surface area contributed by atoms with Crippen molar-refractivity contribution in [2.24, 2.45) is 5.92 Å². The lowest BCUT2D eigenvalue weighted by Crippen LogP contribution is -2.26. The van der Waals surface area contributed by atoms with Gasteiger partial charge in [0.15, 0.2) is 0 Å². The minimum absolute atomic E-state index is 0.138. The van der Waals surface area contributed by atoms with Gasteiger partial charge in [0.2, 0.25) is 0 Å². The number of aliphatic hydroxyl groups is 1. The van der Waals surface area contributed by atoms with Crippen molar-refractivity contribution in [1.82, 2.24) is 5.32 Å². The molecule has 5 heteroatoms. The standard InChI is InChI=1S/C19H29NO4/c1-14(2)5-4-6-15(3)9-12-24-16-7-8-17(18(22)13-16)19(23)20-10-11-21/h7-9,13-14,21-22H,4-6,10-12H2,1-3H3,(H,20,23)/b15-9+. The average molecular weight is 335 g/mol. The Morgan fingerprint density at radius 1 is 1.38 bits per heavy atom. The lowest BCUT2D eigenvalue weighted by Gasteiger charge is -2.09. The van der Waals surface area contributed by atoms with Gasteiger partial charge < -0.3 is 20.3 Å². The number of phenolic OH excluding ortho intramolecular Hbond substituents is 1. The normalized spacial score (nSPS) is 11.6.